The van der Waals surface area contributed by atoms with Crippen LogP contribution in [0.4, 0.5) is 0 Å². The summed E-state index contributed by atoms with van der Waals surface area (Å²) >= 11 is 0. The molecule has 10 heteroatoms. The zero-order valence-corrected chi connectivity index (χ0v) is 15.4. The van der Waals surface area contributed by atoms with Crippen molar-refractivity contribution in [3.05, 3.63) is 0 Å². The molecule has 0 aromatic carbocycles. The second-order valence-corrected chi connectivity index (χ2v) is 13.2. The van der Waals surface area contributed by atoms with Crippen LogP contribution in [-0.4, -0.2) is 62.0 Å². The van der Waals surface area contributed by atoms with E-state index in [4.69, 9.17) is 30.4 Å². The molecule has 1 unspecified atom stereocenters. The monoisotopic (exact) mass is 316 g/mol. The zero-order valence-electron chi connectivity index (χ0n) is 12.4. The van der Waals surface area contributed by atoms with Crippen LogP contribution in [0.5, 0.6) is 0 Å². The molecular weight excluding hydrogens is 292 g/mol. The minimum atomic E-state index is -3.21. The quantitative estimate of drug-likeness (QED) is 0.587. The largest absolute Gasteiger partial charge is 0.671 e. The lowest BCUT2D eigenvalue weighted by Gasteiger charge is -2.36. The van der Waals surface area contributed by atoms with E-state index in [1.165, 1.54) is 28.4 Å². The van der Waals surface area contributed by atoms with Crippen LogP contribution in [0.3, 0.4) is 0 Å². The first kappa shape index (κ1) is 18.4. The summed E-state index contributed by atoms with van der Waals surface area (Å²) < 4.78 is 38.0. The van der Waals surface area contributed by atoms with Crippen molar-refractivity contribution in [3.8, 4) is 0 Å². The van der Waals surface area contributed by atoms with Crippen molar-refractivity contribution < 1.29 is 30.4 Å². The molecule has 0 aliphatic heterocycles. The third kappa shape index (κ3) is 5.16. The van der Waals surface area contributed by atoms with E-state index in [9.17, 15) is 0 Å². The van der Waals surface area contributed by atoms with Crippen LogP contribution in [0.1, 0.15) is 0 Å². The molecule has 0 aliphatic rings. The Bertz CT molecular complexity index is 241. The van der Waals surface area contributed by atoms with Gasteiger partial charge in [0, 0.05) is 42.1 Å². The Hall–Kier alpha value is 0.371. The van der Waals surface area contributed by atoms with E-state index >= 15 is 0 Å². The number of hydrogen-bond acceptors (Lipinski definition) is 7. The number of hydrogen-bond donors (Lipinski definition) is 0. The summed E-state index contributed by atoms with van der Waals surface area (Å²) in [6, 6.07) is 0. The molecule has 0 heterocycles. The average molecular weight is 317 g/mol. The van der Waals surface area contributed by atoms with Crippen LogP contribution in [0.15, 0.2) is 0 Å². The van der Waals surface area contributed by atoms with Gasteiger partial charge in [-0.05, 0) is 13.1 Å². The van der Waals surface area contributed by atoms with Gasteiger partial charge >= 0.3 is 26.4 Å². The van der Waals surface area contributed by atoms with Crippen molar-refractivity contribution in [1.82, 2.24) is 0 Å². The van der Waals surface area contributed by atoms with Crippen LogP contribution in [0.2, 0.25) is 19.6 Å². The molecule has 0 fully saturated rings. The van der Waals surface area contributed by atoms with Crippen molar-refractivity contribution in [2.24, 2.45) is 0 Å². The van der Waals surface area contributed by atoms with Gasteiger partial charge in [-0.3, -0.25) is 0 Å². The first-order valence-electron chi connectivity index (χ1n) is 5.38. The standard InChI is InChI=1S/C8H24O7Si3/c1-9-16(6,7)14-17(8,10-2)15-18(11-3,12-4)13-5/h1-8H3. The van der Waals surface area contributed by atoms with Gasteiger partial charge in [0.2, 0.25) is 0 Å². The highest BCUT2D eigenvalue weighted by Crippen LogP contribution is 2.22. The van der Waals surface area contributed by atoms with E-state index in [2.05, 4.69) is 0 Å². The maximum atomic E-state index is 5.89. The van der Waals surface area contributed by atoms with Gasteiger partial charge in [-0.1, -0.05) is 0 Å². The van der Waals surface area contributed by atoms with Crippen LogP contribution >= 0.6 is 0 Å². The fourth-order valence-electron chi connectivity index (χ4n) is 1.19. The van der Waals surface area contributed by atoms with Gasteiger partial charge in [0.1, 0.15) is 0 Å². The van der Waals surface area contributed by atoms with E-state index < -0.39 is 26.4 Å². The molecule has 0 spiro atoms. The summed E-state index contributed by atoms with van der Waals surface area (Å²) in [4.78, 5) is 0. The Morgan fingerprint density at radius 2 is 1.00 bits per heavy atom. The van der Waals surface area contributed by atoms with E-state index in [0.717, 1.165) is 0 Å². The molecule has 110 valence electrons. The molecule has 0 bridgehead atoms. The smallest absolute Gasteiger partial charge is 0.398 e. The molecule has 0 saturated carbocycles. The van der Waals surface area contributed by atoms with Crippen molar-refractivity contribution in [2.75, 3.05) is 35.5 Å². The van der Waals surface area contributed by atoms with Gasteiger partial charge in [0.05, 0.1) is 0 Å². The minimum Gasteiger partial charge on any atom is -0.398 e. The maximum Gasteiger partial charge on any atom is 0.671 e. The van der Waals surface area contributed by atoms with Crippen LogP contribution < -0.4 is 0 Å². The topological polar surface area (TPSA) is 64.6 Å². The Morgan fingerprint density at radius 1 is 0.556 bits per heavy atom. The molecule has 0 radical (unpaired) electrons. The van der Waals surface area contributed by atoms with Gasteiger partial charge in [-0.2, -0.15) is 0 Å². The highest BCUT2D eigenvalue weighted by atomic mass is 28.5. The van der Waals surface area contributed by atoms with Crippen molar-refractivity contribution in [2.45, 2.75) is 19.6 Å². The Kier molecular flexibility index (Phi) is 7.38. The average Bonchev–Trinajstić information content (AvgIpc) is 2.36. The first-order chi connectivity index (χ1) is 8.22. The Morgan fingerprint density at radius 3 is 1.28 bits per heavy atom. The fraction of sp³-hybridized carbons (Fsp3) is 1.00. The van der Waals surface area contributed by atoms with E-state index in [1.807, 2.05) is 13.1 Å². The van der Waals surface area contributed by atoms with Crippen molar-refractivity contribution in [1.29, 1.82) is 0 Å². The van der Waals surface area contributed by atoms with Gasteiger partial charge in [0.15, 0.2) is 0 Å². The highest BCUT2D eigenvalue weighted by molar-refractivity contribution is 6.80. The van der Waals surface area contributed by atoms with Crippen molar-refractivity contribution in [3.63, 3.8) is 0 Å². The SMILES string of the molecule is CO[Si](C)(C)O[Si](C)(OC)O[Si](OC)(OC)OC. The molecule has 0 N–H and O–H groups in total. The highest BCUT2D eigenvalue weighted by Gasteiger charge is 2.54. The second kappa shape index (κ2) is 7.23. The van der Waals surface area contributed by atoms with Crippen LogP contribution in [0.25, 0.3) is 0 Å². The summed E-state index contributed by atoms with van der Waals surface area (Å²) in [6.07, 6.45) is 0. The molecule has 1 atom stereocenters. The summed E-state index contributed by atoms with van der Waals surface area (Å²) in [6.45, 7) is 5.55. The lowest BCUT2D eigenvalue weighted by Crippen LogP contribution is -2.60. The van der Waals surface area contributed by atoms with Crippen molar-refractivity contribution >= 4 is 26.4 Å². The third-order valence-electron chi connectivity index (χ3n) is 2.35. The Balaban J connectivity index is 4.95. The van der Waals surface area contributed by atoms with Gasteiger partial charge in [0.25, 0.3) is 0 Å². The van der Waals surface area contributed by atoms with Gasteiger partial charge < -0.3 is 30.4 Å². The molecular formula is C8H24O7Si3. The van der Waals surface area contributed by atoms with E-state index in [-0.39, 0.29) is 0 Å². The van der Waals surface area contributed by atoms with Gasteiger partial charge in [-0.15, -0.1) is 0 Å². The lowest BCUT2D eigenvalue weighted by atomic mass is 11.8. The molecule has 7 nitrogen and oxygen atoms in total. The molecule has 0 aliphatic carbocycles. The molecule has 18 heavy (non-hydrogen) atoms. The van der Waals surface area contributed by atoms with E-state index in [0.29, 0.717) is 0 Å². The predicted molar refractivity (Wildman–Crippen MR) is 72.1 cm³/mol. The van der Waals surface area contributed by atoms with Crippen LogP contribution in [-0.2, 0) is 30.4 Å². The second-order valence-electron chi connectivity index (χ2n) is 3.99. The maximum absolute atomic E-state index is 5.89. The first-order valence-corrected chi connectivity index (χ1v) is 12.1. The summed E-state index contributed by atoms with van der Waals surface area (Å²) in [7, 11) is -0.962. The molecule has 0 aromatic heterocycles. The Labute approximate surface area is 112 Å². The fourth-order valence-corrected chi connectivity index (χ4v) is 9.62. The normalized spacial score (nSPS) is 16.7. The third-order valence-corrected chi connectivity index (χ3v) is 11.5. The number of rotatable bonds is 9. The molecule has 0 saturated heterocycles. The lowest BCUT2D eigenvalue weighted by molar-refractivity contribution is 0.0213. The molecule has 0 aromatic rings. The summed E-state index contributed by atoms with van der Waals surface area (Å²) in [5, 5.41) is 0. The van der Waals surface area contributed by atoms with Gasteiger partial charge in [-0.25, -0.2) is 0 Å². The zero-order chi connectivity index (χ0) is 14.4. The minimum absolute atomic E-state index is 1.46. The summed E-state index contributed by atoms with van der Waals surface area (Å²) in [5.41, 5.74) is 0. The molecule has 0 rings (SSSR count). The van der Waals surface area contributed by atoms with E-state index in [1.54, 1.807) is 13.7 Å². The molecule has 0 amide bonds. The summed E-state index contributed by atoms with van der Waals surface area (Å²) in [5.74, 6) is 0. The van der Waals surface area contributed by atoms with Crippen LogP contribution in [0, 0.1) is 0 Å². The predicted octanol–water partition coefficient (Wildman–Crippen LogP) is 0.958.